The molecule has 0 aliphatic rings. The van der Waals surface area contributed by atoms with Crippen molar-refractivity contribution in [1.29, 1.82) is 0 Å². The molecule has 1 amide bonds. The van der Waals surface area contributed by atoms with Crippen molar-refractivity contribution in [3.63, 3.8) is 0 Å². The highest BCUT2D eigenvalue weighted by molar-refractivity contribution is 5.95. The van der Waals surface area contributed by atoms with Gasteiger partial charge in [0, 0.05) is 6.54 Å². The minimum absolute atomic E-state index is 0.0802. The van der Waals surface area contributed by atoms with Gasteiger partial charge in [-0.1, -0.05) is 72.8 Å². The summed E-state index contributed by atoms with van der Waals surface area (Å²) in [5.41, 5.74) is 2.04. The summed E-state index contributed by atoms with van der Waals surface area (Å²) in [5, 5.41) is 6.44. The van der Waals surface area contributed by atoms with Crippen LogP contribution in [0.4, 0.5) is 13.2 Å². The van der Waals surface area contributed by atoms with Gasteiger partial charge < -0.3 is 10.1 Å². The standard InChI is InChI=1S/C27H24F3N3O2/c1-19-7-5-6-10-24(19)33-25(27(28,29)30)23(16-32-33)26(34)31-15-20-11-13-22(14-12-20)18-35-17-21-8-3-2-4-9-21/h2-14,16H,15,17-18H2,1H3,(H,31,34). The number of amides is 1. The molecule has 0 radical (unpaired) electrons. The minimum Gasteiger partial charge on any atom is -0.372 e. The summed E-state index contributed by atoms with van der Waals surface area (Å²) in [6, 6.07) is 23.7. The maximum Gasteiger partial charge on any atom is 0.434 e. The molecule has 0 saturated carbocycles. The average Bonchev–Trinajstić information content (AvgIpc) is 3.30. The Balaban J connectivity index is 1.40. The molecule has 0 saturated heterocycles. The highest BCUT2D eigenvalue weighted by atomic mass is 19.4. The van der Waals surface area contributed by atoms with E-state index in [2.05, 4.69) is 10.4 Å². The Morgan fingerprint density at radius 3 is 2.14 bits per heavy atom. The molecule has 1 N–H and O–H groups in total. The number of aromatic nitrogens is 2. The van der Waals surface area contributed by atoms with E-state index >= 15 is 0 Å². The van der Waals surface area contributed by atoms with Crippen molar-refractivity contribution in [2.45, 2.75) is 32.9 Å². The monoisotopic (exact) mass is 479 g/mol. The molecular formula is C27H24F3N3O2. The van der Waals surface area contributed by atoms with Gasteiger partial charge in [-0.15, -0.1) is 0 Å². The van der Waals surface area contributed by atoms with Gasteiger partial charge in [-0.05, 0) is 35.2 Å². The third kappa shape index (κ3) is 5.96. The van der Waals surface area contributed by atoms with Crippen molar-refractivity contribution in [2.75, 3.05) is 0 Å². The number of alkyl halides is 3. The average molecular weight is 480 g/mol. The van der Waals surface area contributed by atoms with Crippen molar-refractivity contribution in [3.8, 4) is 5.69 Å². The van der Waals surface area contributed by atoms with Crippen LogP contribution in [0.3, 0.4) is 0 Å². The maximum absolute atomic E-state index is 13.9. The van der Waals surface area contributed by atoms with Gasteiger partial charge in [0.25, 0.3) is 5.91 Å². The molecule has 0 fully saturated rings. The van der Waals surface area contributed by atoms with Crippen LogP contribution >= 0.6 is 0 Å². The number of halogens is 3. The molecule has 180 valence electrons. The number of carbonyl (C=O) groups is 1. The fourth-order valence-electron chi connectivity index (χ4n) is 3.66. The Hall–Kier alpha value is -3.91. The molecule has 8 heteroatoms. The van der Waals surface area contributed by atoms with Crippen LogP contribution < -0.4 is 5.32 Å². The number of nitrogens with one attached hydrogen (secondary N) is 1. The van der Waals surface area contributed by atoms with Gasteiger partial charge in [0.05, 0.1) is 30.7 Å². The van der Waals surface area contributed by atoms with Crippen LogP contribution in [0.15, 0.2) is 85.1 Å². The number of nitrogens with zero attached hydrogens (tertiary/aromatic N) is 2. The molecule has 0 bridgehead atoms. The molecule has 0 aliphatic heterocycles. The van der Waals surface area contributed by atoms with Crippen molar-refractivity contribution >= 4 is 5.91 Å². The third-order valence-electron chi connectivity index (χ3n) is 5.48. The second-order valence-electron chi connectivity index (χ2n) is 8.08. The van der Waals surface area contributed by atoms with E-state index < -0.39 is 23.3 Å². The van der Waals surface area contributed by atoms with Crippen molar-refractivity contribution in [2.24, 2.45) is 0 Å². The topological polar surface area (TPSA) is 56.2 Å². The van der Waals surface area contributed by atoms with E-state index in [1.165, 1.54) is 6.07 Å². The van der Waals surface area contributed by atoms with Crippen molar-refractivity contribution in [3.05, 3.63) is 119 Å². The Kier molecular flexibility index (Phi) is 7.31. The van der Waals surface area contributed by atoms with Gasteiger partial charge in [0.2, 0.25) is 0 Å². The normalized spacial score (nSPS) is 11.4. The lowest BCUT2D eigenvalue weighted by Gasteiger charge is -2.14. The lowest BCUT2D eigenvalue weighted by molar-refractivity contribution is -0.143. The first-order chi connectivity index (χ1) is 16.8. The Bertz CT molecular complexity index is 1280. The van der Waals surface area contributed by atoms with Gasteiger partial charge in [-0.2, -0.15) is 18.3 Å². The predicted octanol–water partition coefficient (Wildman–Crippen LogP) is 5.85. The second kappa shape index (κ2) is 10.6. The zero-order chi connectivity index (χ0) is 24.8. The Labute approximate surface area is 201 Å². The molecule has 1 heterocycles. The SMILES string of the molecule is Cc1ccccc1-n1ncc(C(=O)NCc2ccc(COCc3ccccc3)cc2)c1C(F)(F)F. The maximum atomic E-state index is 13.9. The first kappa shape index (κ1) is 24.2. The number of carbonyl (C=O) groups excluding carboxylic acids is 1. The van der Waals surface area contributed by atoms with Crippen LogP contribution in [-0.2, 0) is 30.7 Å². The summed E-state index contributed by atoms with van der Waals surface area (Å²) >= 11 is 0. The lowest BCUT2D eigenvalue weighted by Crippen LogP contribution is -2.26. The van der Waals surface area contributed by atoms with Gasteiger partial charge in [0.1, 0.15) is 0 Å². The summed E-state index contributed by atoms with van der Waals surface area (Å²) in [6.07, 6.45) is -3.80. The van der Waals surface area contributed by atoms with Crippen LogP contribution in [0.5, 0.6) is 0 Å². The van der Waals surface area contributed by atoms with Crippen molar-refractivity contribution in [1.82, 2.24) is 15.1 Å². The Morgan fingerprint density at radius 2 is 1.49 bits per heavy atom. The van der Waals surface area contributed by atoms with Crippen LogP contribution in [0.1, 0.15) is 38.3 Å². The van der Waals surface area contributed by atoms with Crippen LogP contribution in [0.2, 0.25) is 0 Å². The first-order valence-corrected chi connectivity index (χ1v) is 11.0. The summed E-state index contributed by atoms with van der Waals surface area (Å²) < 4.78 is 48.1. The quantitative estimate of drug-likeness (QED) is 0.345. The summed E-state index contributed by atoms with van der Waals surface area (Å²) in [4.78, 5) is 12.7. The zero-order valence-corrected chi connectivity index (χ0v) is 19.0. The summed E-state index contributed by atoms with van der Waals surface area (Å²) in [7, 11) is 0. The largest absolute Gasteiger partial charge is 0.434 e. The number of hydrogen-bond donors (Lipinski definition) is 1. The minimum atomic E-state index is -4.76. The summed E-state index contributed by atoms with van der Waals surface area (Å²) in [5.74, 6) is -0.840. The molecule has 1 aromatic heterocycles. The molecule has 35 heavy (non-hydrogen) atoms. The van der Waals surface area contributed by atoms with Crippen molar-refractivity contribution < 1.29 is 22.7 Å². The lowest BCUT2D eigenvalue weighted by atomic mass is 10.1. The molecule has 3 aromatic carbocycles. The number of hydrogen-bond acceptors (Lipinski definition) is 3. The van der Waals surface area contributed by atoms with E-state index in [4.69, 9.17) is 4.74 Å². The number of para-hydroxylation sites is 1. The van der Waals surface area contributed by atoms with Crippen LogP contribution in [0.25, 0.3) is 5.69 Å². The van der Waals surface area contributed by atoms with Crippen LogP contribution in [0, 0.1) is 6.92 Å². The molecule has 0 aliphatic carbocycles. The first-order valence-electron chi connectivity index (χ1n) is 11.0. The van der Waals surface area contributed by atoms with E-state index in [0.717, 1.165) is 27.6 Å². The third-order valence-corrected chi connectivity index (χ3v) is 5.48. The van der Waals surface area contributed by atoms with E-state index in [1.807, 2.05) is 54.6 Å². The molecular weight excluding hydrogens is 455 g/mol. The molecule has 5 nitrogen and oxygen atoms in total. The van der Waals surface area contributed by atoms with E-state index in [-0.39, 0.29) is 12.2 Å². The van der Waals surface area contributed by atoms with Gasteiger partial charge in [-0.25, -0.2) is 4.68 Å². The number of aryl methyl sites for hydroxylation is 1. The molecule has 0 spiro atoms. The van der Waals surface area contributed by atoms with E-state index in [0.29, 0.717) is 18.8 Å². The Morgan fingerprint density at radius 1 is 0.886 bits per heavy atom. The highest BCUT2D eigenvalue weighted by Crippen LogP contribution is 2.34. The molecule has 4 rings (SSSR count). The number of rotatable bonds is 8. The highest BCUT2D eigenvalue weighted by Gasteiger charge is 2.40. The molecule has 0 unspecified atom stereocenters. The van der Waals surface area contributed by atoms with Crippen LogP contribution in [-0.4, -0.2) is 15.7 Å². The zero-order valence-electron chi connectivity index (χ0n) is 19.0. The summed E-state index contributed by atoms with van der Waals surface area (Å²) in [6.45, 7) is 2.69. The van der Waals surface area contributed by atoms with Gasteiger partial charge in [0.15, 0.2) is 5.69 Å². The predicted molar refractivity (Wildman–Crippen MR) is 126 cm³/mol. The molecule has 4 aromatic rings. The fraction of sp³-hybridized carbons (Fsp3) is 0.185. The van der Waals surface area contributed by atoms with Gasteiger partial charge >= 0.3 is 6.18 Å². The number of benzene rings is 3. The number of ether oxygens (including phenoxy) is 1. The fourth-order valence-corrected chi connectivity index (χ4v) is 3.66. The smallest absolute Gasteiger partial charge is 0.372 e. The van der Waals surface area contributed by atoms with E-state index in [9.17, 15) is 18.0 Å². The second-order valence-corrected chi connectivity index (χ2v) is 8.08. The molecule has 0 atom stereocenters. The van der Waals surface area contributed by atoms with Gasteiger partial charge in [-0.3, -0.25) is 4.79 Å². The van der Waals surface area contributed by atoms with E-state index in [1.54, 1.807) is 25.1 Å².